The number of anilines is 1. The van der Waals surface area contributed by atoms with Crippen molar-refractivity contribution in [2.75, 3.05) is 5.32 Å². The minimum absolute atomic E-state index is 0.175. The maximum Gasteiger partial charge on any atom is 0.258 e. The number of rotatable bonds is 4. The van der Waals surface area contributed by atoms with Crippen LogP contribution >= 0.6 is 38.9 Å². The van der Waals surface area contributed by atoms with Gasteiger partial charge in [-0.2, -0.15) is 0 Å². The second kappa shape index (κ2) is 7.47. The summed E-state index contributed by atoms with van der Waals surface area (Å²) >= 11 is 10.9. The van der Waals surface area contributed by atoms with Crippen LogP contribution in [0.3, 0.4) is 0 Å². The van der Waals surface area contributed by atoms with Crippen molar-refractivity contribution < 1.29 is 4.79 Å². The fraction of sp³-hybridized carbons (Fsp3) is 0.111. The second-order valence-electron chi connectivity index (χ2n) is 5.27. The van der Waals surface area contributed by atoms with Crippen molar-refractivity contribution >= 4 is 49.9 Å². The molecule has 1 amide bonds. The lowest BCUT2D eigenvalue weighted by Gasteiger charge is -2.03. The van der Waals surface area contributed by atoms with Crippen LogP contribution in [0, 0.1) is 6.92 Å². The third kappa shape index (κ3) is 4.04. The molecule has 0 radical (unpaired) electrons. The van der Waals surface area contributed by atoms with Crippen LogP contribution in [0.1, 0.15) is 26.5 Å². The smallest absolute Gasteiger partial charge is 0.258 e. The predicted octanol–water partition coefficient (Wildman–Crippen LogP) is 5.71. The maximum absolute atomic E-state index is 12.4. The highest BCUT2D eigenvalue weighted by molar-refractivity contribution is 9.10. The van der Waals surface area contributed by atoms with Crippen LogP contribution in [0.2, 0.25) is 5.02 Å². The van der Waals surface area contributed by atoms with E-state index in [-0.39, 0.29) is 5.91 Å². The Morgan fingerprint density at radius 1 is 1.25 bits per heavy atom. The molecule has 0 aliphatic rings. The van der Waals surface area contributed by atoms with Gasteiger partial charge < -0.3 is 0 Å². The number of hydrogen-bond acceptors (Lipinski definition) is 3. The van der Waals surface area contributed by atoms with Gasteiger partial charge in [0.2, 0.25) is 0 Å². The number of aromatic nitrogens is 1. The Morgan fingerprint density at radius 2 is 2.04 bits per heavy atom. The zero-order chi connectivity index (χ0) is 17.1. The number of amides is 1. The highest BCUT2D eigenvalue weighted by Crippen LogP contribution is 2.27. The molecule has 0 spiro atoms. The van der Waals surface area contributed by atoms with E-state index in [1.165, 1.54) is 11.3 Å². The van der Waals surface area contributed by atoms with Crippen molar-refractivity contribution in [1.29, 1.82) is 0 Å². The standard InChI is InChI=1S/C18H14BrClN2OS/c1-11-16(10-12-5-4-6-13(20)9-12)24-18(21-11)22-17(23)14-7-2-3-8-15(14)19/h2-9H,10H2,1H3,(H,21,22,23). The van der Waals surface area contributed by atoms with Gasteiger partial charge in [-0.05, 0) is 52.7 Å². The molecule has 1 N–H and O–H groups in total. The van der Waals surface area contributed by atoms with Crippen molar-refractivity contribution in [1.82, 2.24) is 4.98 Å². The van der Waals surface area contributed by atoms with E-state index >= 15 is 0 Å². The van der Waals surface area contributed by atoms with Gasteiger partial charge in [0.15, 0.2) is 5.13 Å². The van der Waals surface area contributed by atoms with Crippen LogP contribution in [0.5, 0.6) is 0 Å². The monoisotopic (exact) mass is 420 g/mol. The summed E-state index contributed by atoms with van der Waals surface area (Å²) in [6, 6.07) is 15.1. The molecule has 0 aliphatic heterocycles. The van der Waals surface area contributed by atoms with E-state index in [0.29, 0.717) is 10.7 Å². The van der Waals surface area contributed by atoms with Crippen molar-refractivity contribution in [2.45, 2.75) is 13.3 Å². The fourth-order valence-electron chi connectivity index (χ4n) is 2.29. The normalized spacial score (nSPS) is 10.6. The summed E-state index contributed by atoms with van der Waals surface area (Å²) in [4.78, 5) is 17.9. The molecule has 0 bridgehead atoms. The zero-order valence-corrected chi connectivity index (χ0v) is 16.0. The van der Waals surface area contributed by atoms with Gasteiger partial charge in [0.1, 0.15) is 0 Å². The molecule has 122 valence electrons. The summed E-state index contributed by atoms with van der Waals surface area (Å²) in [5.41, 5.74) is 2.63. The molecule has 0 saturated heterocycles. The number of hydrogen-bond donors (Lipinski definition) is 1. The third-order valence-electron chi connectivity index (χ3n) is 3.49. The molecule has 0 atom stereocenters. The summed E-state index contributed by atoms with van der Waals surface area (Å²) in [6.07, 6.45) is 0.745. The Balaban J connectivity index is 1.77. The van der Waals surface area contributed by atoms with E-state index in [1.54, 1.807) is 6.07 Å². The highest BCUT2D eigenvalue weighted by Gasteiger charge is 2.14. The predicted molar refractivity (Wildman–Crippen MR) is 103 cm³/mol. The highest BCUT2D eigenvalue weighted by atomic mass is 79.9. The Labute approximate surface area is 157 Å². The van der Waals surface area contributed by atoms with Crippen molar-refractivity contribution in [3.8, 4) is 0 Å². The van der Waals surface area contributed by atoms with Crippen LogP contribution in [-0.4, -0.2) is 10.9 Å². The number of nitrogens with one attached hydrogen (secondary N) is 1. The number of nitrogens with zero attached hydrogens (tertiary/aromatic N) is 1. The molecule has 1 aromatic heterocycles. The van der Waals surface area contributed by atoms with E-state index in [1.807, 2.05) is 49.4 Å². The molecule has 6 heteroatoms. The molecular weight excluding hydrogens is 408 g/mol. The van der Waals surface area contributed by atoms with E-state index in [0.717, 1.165) is 32.1 Å². The van der Waals surface area contributed by atoms with Crippen LogP contribution in [0.4, 0.5) is 5.13 Å². The average molecular weight is 422 g/mol. The van der Waals surface area contributed by atoms with Gasteiger partial charge in [0, 0.05) is 20.8 Å². The summed E-state index contributed by atoms with van der Waals surface area (Å²) in [7, 11) is 0. The molecule has 0 unspecified atom stereocenters. The first-order valence-corrected chi connectivity index (χ1v) is 9.28. The van der Waals surface area contributed by atoms with Gasteiger partial charge in [0.05, 0.1) is 11.3 Å². The minimum Gasteiger partial charge on any atom is -0.298 e. The Morgan fingerprint density at radius 3 is 2.79 bits per heavy atom. The third-order valence-corrected chi connectivity index (χ3v) is 5.48. The number of aryl methyl sites for hydroxylation is 1. The number of thiazole rings is 1. The molecule has 3 nitrogen and oxygen atoms in total. The minimum atomic E-state index is -0.175. The van der Waals surface area contributed by atoms with Crippen molar-refractivity contribution in [2.24, 2.45) is 0 Å². The van der Waals surface area contributed by atoms with Gasteiger partial charge >= 0.3 is 0 Å². The van der Waals surface area contributed by atoms with E-state index < -0.39 is 0 Å². The largest absolute Gasteiger partial charge is 0.298 e. The number of carbonyl (C=O) groups is 1. The maximum atomic E-state index is 12.4. The molecule has 2 aromatic carbocycles. The lowest BCUT2D eigenvalue weighted by atomic mass is 10.1. The molecule has 0 saturated carbocycles. The van der Waals surface area contributed by atoms with Gasteiger partial charge in [-0.25, -0.2) is 4.98 Å². The SMILES string of the molecule is Cc1nc(NC(=O)c2ccccc2Br)sc1Cc1cccc(Cl)c1. The fourth-order valence-corrected chi connectivity index (χ4v) is 3.96. The Hall–Kier alpha value is -1.69. The molecule has 1 heterocycles. The van der Waals surface area contributed by atoms with Crippen LogP contribution in [0.25, 0.3) is 0 Å². The molecule has 0 fully saturated rings. The van der Waals surface area contributed by atoms with Gasteiger partial charge in [-0.3, -0.25) is 10.1 Å². The first kappa shape index (κ1) is 17.1. The van der Waals surface area contributed by atoms with Crippen molar-refractivity contribution in [3.63, 3.8) is 0 Å². The van der Waals surface area contributed by atoms with Crippen molar-refractivity contribution in [3.05, 3.63) is 79.7 Å². The number of benzene rings is 2. The quantitative estimate of drug-likeness (QED) is 0.586. The van der Waals surface area contributed by atoms with Crippen LogP contribution in [0.15, 0.2) is 53.0 Å². The molecule has 24 heavy (non-hydrogen) atoms. The second-order valence-corrected chi connectivity index (χ2v) is 7.64. The van der Waals surface area contributed by atoms with Crippen LogP contribution in [-0.2, 0) is 6.42 Å². The van der Waals surface area contributed by atoms with E-state index in [4.69, 9.17) is 11.6 Å². The summed E-state index contributed by atoms with van der Waals surface area (Å²) in [5.74, 6) is -0.175. The lowest BCUT2D eigenvalue weighted by Crippen LogP contribution is -2.12. The molecule has 0 aliphatic carbocycles. The van der Waals surface area contributed by atoms with Crippen LogP contribution < -0.4 is 5.32 Å². The molecule has 3 rings (SSSR count). The van der Waals surface area contributed by atoms with E-state index in [2.05, 4.69) is 26.2 Å². The van der Waals surface area contributed by atoms with Gasteiger partial charge in [-0.15, -0.1) is 11.3 Å². The summed E-state index contributed by atoms with van der Waals surface area (Å²) in [6.45, 7) is 1.95. The average Bonchev–Trinajstić information content (AvgIpc) is 2.87. The molecular formula is C18H14BrClN2OS. The first-order valence-electron chi connectivity index (χ1n) is 7.29. The zero-order valence-electron chi connectivity index (χ0n) is 12.8. The lowest BCUT2D eigenvalue weighted by molar-refractivity contribution is 0.102. The molecule has 3 aromatic rings. The van der Waals surface area contributed by atoms with Gasteiger partial charge in [0.25, 0.3) is 5.91 Å². The number of carbonyl (C=O) groups excluding carboxylic acids is 1. The Bertz CT molecular complexity index is 894. The topological polar surface area (TPSA) is 42.0 Å². The first-order chi connectivity index (χ1) is 11.5. The Kier molecular flexibility index (Phi) is 5.33. The summed E-state index contributed by atoms with van der Waals surface area (Å²) in [5, 5.41) is 4.19. The van der Waals surface area contributed by atoms with Gasteiger partial charge in [-0.1, -0.05) is 35.9 Å². The number of halogens is 2. The van der Waals surface area contributed by atoms with E-state index in [9.17, 15) is 4.79 Å². The summed E-state index contributed by atoms with van der Waals surface area (Å²) < 4.78 is 0.759.